The van der Waals surface area contributed by atoms with Crippen LogP contribution in [0.25, 0.3) is 245 Å². The normalized spacial score (nSPS) is 12.1. The molecule has 1 aliphatic carbocycles. The smallest absolute Gasteiger partial charge is 0.165 e. The van der Waals surface area contributed by atoms with Crippen molar-refractivity contribution in [1.29, 1.82) is 0 Å². The van der Waals surface area contributed by atoms with E-state index >= 15 is 0 Å². The molecule has 0 saturated carbocycles. The van der Waals surface area contributed by atoms with Crippen molar-refractivity contribution in [1.82, 2.24) is 43.3 Å². The third kappa shape index (κ3) is 11.1. The van der Waals surface area contributed by atoms with Gasteiger partial charge in [-0.15, -0.1) is 22.7 Å². The molecule has 9 heterocycles. The standard InChI is InChI=1S/C55H31N5S.C29H17N.C27H16BrN3S.B/c1-3-15-33(16-4-1)53-56-54(34-17-5-2-6-18-34)58-55(57-53)44-29-35(28-42-38-21-10-12-25-49(38)61-52(42)44)59-46-27-26-32-14-7-8-19-36(32)50(46)43-30-41-40-23-13-22-39-37-20-9-11-24-45(37)60(51(39)40)47(41)31-48(43)59;1-2-7-20-17(6-1)12-13-18-14-19-15-27-25(16-24(19)28(18)20)23-10-5-9-22-21-8-3-4-11-26(21)30(27)29(22)23;28-19-15-21-20-13-7-8-14-23(20)32-24(21)22(16-19)27-30-25(17-9-3-1-4-10-17)29-26(31-27)18-11-5-2-6-12-18;/h1-31H;1-13,15-16H,14H2;1-16H;. The van der Waals surface area contributed by atoms with E-state index < -0.39 is 0 Å². The highest BCUT2D eigenvalue weighted by atomic mass is 79.9. The lowest BCUT2D eigenvalue weighted by molar-refractivity contribution is 1.07. The Labute approximate surface area is 727 Å². The molecule has 0 unspecified atom stereocenters. The molecule has 575 valence electrons. The van der Waals surface area contributed by atoms with Gasteiger partial charge in [0.15, 0.2) is 34.9 Å². The Kier molecular flexibility index (Phi) is 16.3. The van der Waals surface area contributed by atoms with Crippen LogP contribution >= 0.6 is 38.6 Å². The zero-order chi connectivity index (χ0) is 80.6. The maximum Gasteiger partial charge on any atom is 0.165 e. The van der Waals surface area contributed by atoms with Crippen LogP contribution in [0.5, 0.6) is 0 Å². The van der Waals surface area contributed by atoms with E-state index in [1.165, 1.54) is 166 Å². The second-order valence-corrected chi connectivity index (χ2v) is 35.0. The molecule has 18 aromatic carbocycles. The Balaban J connectivity index is 0.000000112. The molecule has 0 fully saturated rings. The van der Waals surface area contributed by atoms with Gasteiger partial charge in [0.05, 0.1) is 44.1 Å². The Hall–Kier alpha value is -15.1. The molecule has 1 aliphatic rings. The van der Waals surface area contributed by atoms with Crippen molar-refractivity contribution in [3.63, 3.8) is 0 Å². The van der Waals surface area contributed by atoms with Gasteiger partial charge in [0, 0.05) is 146 Å². The molecule has 28 rings (SSSR count). The van der Waals surface area contributed by atoms with E-state index in [0.717, 1.165) is 65.7 Å². The average Bonchev–Trinajstić information content (AvgIpc) is 1.53. The first-order valence-electron chi connectivity index (χ1n) is 41.4. The maximum atomic E-state index is 5.29. The summed E-state index contributed by atoms with van der Waals surface area (Å²) in [6.45, 7) is 0. The van der Waals surface area contributed by atoms with E-state index in [1.54, 1.807) is 22.7 Å². The summed E-state index contributed by atoms with van der Waals surface area (Å²) >= 11 is 7.28. The van der Waals surface area contributed by atoms with Gasteiger partial charge >= 0.3 is 0 Å². The number of rotatable bonds is 7. The van der Waals surface area contributed by atoms with Crippen LogP contribution in [0.3, 0.4) is 0 Å². The van der Waals surface area contributed by atoms with Gasteiger partial charge in [-0.05, 0) is 129 Å². The van der Waals surface area contributed by atoms with Crippen molar-refractivity contribution in [3.8, 4) is 85.1 Å². The molecule has 13 heteroatoms. The van der Waals surface area contributed by atoms with Gasteiger partial charge in [-0.2, -0.15) is 0 Å². The Morgan fingerprint density at radius 3 is 1.20 bits per heavy atom. The summed E-state index contributed by atoms with van der Waals surface area (Å²) in [5.41, 5.74) is 22.6. The van der Waals surface area contributed by atoms with Gasteiger partial charge in [-0.1, -0.05) is 313 Å². The highest BCUT2D eigenvalue weighted by molar-refractivity contribution is 9.10. The lowest BCUT2D eigenvalue weighted by atomic mass is 9.97. The minimum atomic E-state index is 0. The quantitative estimate of drug-likeness (QED) is 0.148. The third-order valence-corrected chi connectivity index (χ3v) is 28.1. The molecule has 0 amide bonds. The number of hydrogen-bond donors (Lipinski definition) is 0. The number of halogens is 1. The number of para-hydroxylation sites is 4. The van der Waals surface area contributed by atoms with Gasteiger partial charge in [0.25, 0.3) is 0 Å². The average molecular weight is 1680 g/mol. The molecule has 0 atom stereocenters. The molecule has 0 spiro atoms. The molecule has 9 nitrogen and oxygen atoms in total. The minimum Gasteiger partial charge on any atom is -0.309 e. The fourth-order valence-corrected chi connectivity index (χ4v) is 22.6. The van der Waals surface area contributed by atoms with Crippen LogP contribution in [-0.2, 0) is 6.42 Å². The predicted molar refractivity (Wildman–Crippen MR) is 525 cm³/mol. The zero-order valence-electron chi connectivity index (χ0n) is 66.3. The third-order valence-electron chi connectivity index (χ3n) is 25.2. The van der Waals surface area contributed by atoms with Gasteiger partial charge in [0.2, 0.25) is 0 Å². The fraction of sp³-hybridized carbons (Fsp3) is 0.00901. The van der Waals surface area contributed by atoms with Gasteiger partial charge < -0.3 is 13.4 Å². The summed E-state index contributed by atoms with van der Waals surface area (Å²) in [5, 5.41) is 23.0. The number of fused-ring (bicyclic) bond motifs is 28. The van der Waals surface area contributed by atoms with E-state index in [2.05, 4.69) is 308 Å². The lowest BCUT2D eigenvalue weighted by Crippen LogP contribution is -2.01. The van der Waals surface area contributed by atoms with Crippen LogP contribution < -0.4 is 0 Å². The Bertz CT molecular complexity index is 8960. The largest absolute Gasteiger partial charge is 0.309 e. The van der Waals surface area contributed by atoms with Crippen molar-refractivity contribution in [2.45, 2.75) is 6.42 Å². The molecular formula is C111H64BBrN9S2. The van der Waals surface area contributed by atoms with Crippen molar-refractivity contribution in [2.75, 3.05) is 0 Å². The van der Waals surface area contributed by atoms with Crippen LogP contribution in [0.15, 0.2) is 381 Å². The number of nitrogens with zero attached hydrogens (tertiary/aromatic N) is 9. The van der Waals surface area contributed by atoms with Crippen molar-refractivity contribution in [3.05, 3.63) is 392 Å². The molecular weight excluding hydrogens is 1610 g/mol. The molecule has 9 aromatic heterocycles. The molecule has 124 heavy (non-hydrogen) atoms. The predicted octanol–water partition coefficient (Wildman–Crippen LogP) is 29.8. The summed E-state index contributed by atoms with van der Waals surface area (Å²) in [7, 11) is 0. The van der Waals surface area contributed by atoms with Gasteiger partial charge in [0.1, 0.15) is 0 Å². The summed E-state index contributed by atoms with van der Waals surface area (Å²) in [6, 6.07) is 134. The molecule has 0 saturated heterocycles. The molecule has 3 radical (unpaired) electrons. The maximum absolute atomic E-state index is 5.29. The molecule has 27 aromatic rings. The summed E-state index contributed by atoms with van der Waals surface area (Å²) < 4.78 is 13.3. The van der Waals surface area contributed by atoms with Gasteiger partial charge in [-0.25, -0.2) is 29.9 Å². The van der Waals surface area contributed by atoms with Crippen LogP contribution in [0, 0.1) is 0 Å². The second kappa shape index (κ2) is 28.2. The SMILES string of the molecule is Brc1cc(-c2nc(-c3ccccc3)nc(-c3ccccc3)n2)c2sc3ccccc3c2c1.[B].c1ccc(-c2nc(-c3ccccc3)nc(-c3cc(-n4c5cc6c(cc5c5c7ccccc7ccc54)c4cccc5c7ccccc7n6c54)cc4c3sc3ccccc34)n2)cc1.c1ccc2c3c(ccc2c1)Cc1cc2c(cc1-3)c1cccc3c4ccccc4n2c31. The summed E-state index contributed by atoms with van der Waals surface area (Å²) in [6.07, 6.45) is 1.02. The van der Waals surface area contributed by atoms with Crippen LogP contribution in [0.4, 0.5) is 0 Å². The van der Waals surface area contributed by atoms with Crippen LogP contribution in [-0.4, -0.2) is 51.7 Å². The molecule has 0 bridgehead atoms. The topological polar surface area (TPSA) is 91.1 Å². The number of hydrogen-bond acceptors (Lipinski definition) is 8. The number of benzene rings is 18. The Morgan fingerprint density at radius 1 is 0.250 bits per heavy atom. The van der Waals surface area contributed by atoms with Crippen molar-refractivity contribution in [2.24, 2.45) is 0 Å². The minimum absolute atomic E-state index is 0. The van der Waals surface area contributed by atoms with E-state index in [1.807, 2.05) is 97.1 Å². The van der Waals surface area contributed by atoms with Crippen molar-refractivity contribution >= 4 is 207 Å². The summed E-state index contributed by atoms with van der Waals surface area (Å²) in [4.78, 5) is 30.3. The molecule has 0 N–H and O–H groups in total. The monoisotopic (exact) mass is 1680 g/mol. The van der Waals surface area contributed by atoms with E-state index in [0.29, 0.717) is 34.9 Å². The fourth-order valence-electron chi connectivity index (χ4n) is 19.8. The zero-order valence-corrected chi connectivity index (χ0v) is 69.5. The highest BCUT2D eigenvalue weighted by Crippen LogP contribution is 2.51. The van der Waals surface area contributed by atoms with E-state index in [9.17, 15) is 0 Å². The van der Waals surface area contributed by atoms with Crippen LogP contribution in [0.1, 0.15) is 11.1 Å². The number of aromatic nitrogens is 9. The Morgan fingerprint density at radius 2 is 0.661 bits per heavy atom. The first-order chi connectivity index (χ1) is 60.9. The summed E-state index contributed by atoms with van der Waals surface area (Å²) in [5.74, 6) is 3.96. The molecule has 0 aliphatic heterocycles. The van der Waals surface area contributed by atoms with Crippen molar-refractivity contribution < 1.29 is 0 Å². The number of thiophene rings is 2. The first kappa shape index (κ1) is 71.8. The lowest BCUT2D eigenvalue weighted by Gasteiger charge is -2.13. The van der Waals surface area contributed by atoms with E-state index in [-0.39, 0.29) is 8.41 Å². The van der Waals surface area contributed by atoms with Crippen LogP contribution in [0.2, 0.25) is 0 Å². The van der Waals surface area contributed by atoms with E-state index in [4.69, 9.17) is 29.9 Å². The first-order valence-corrected chi connectivity index (χ1v) is 43.9. The van der Waals surface area contributed by atoms with Gasteiger partial charge in [-0.3, -0.25) is 0 Å². The highest BCUT2D eigenvalue weighted by Gasteiger charge is 2.29. The second-order valence-electron chi connectivity index (χ2n) is 32.0.